The zero-order valence-corrected chi connectivity index (χ0v) is 13.1. The first-order chi connectivity index (χ1) is 10.9. The molecule has 1 aromatic heterocycles. The van der Waals surface area contributed by atoms with E-state index in [0.717, 1.165) is 23.4 Å². The molecule has 0 amide bonds. The lowest BCUT2D eigenvalue weighted by atomic mass is 9.75. The third-order valence-electron chi connectivity index (χ3n) is 3.80. The Balaban J connectivity index is 1.97. The number of fused-ring (bicyclic) bond motifs is 1. The molecule has 0 atom stereocenters. The van der Waals surface area contributed by atoms with Gasteiger partial charge in [-0.2, -0.15) is 15.3 Å². The number of rotatable bonds is 2. The molecular formula is C17H18N4O2. The number of phenolic OH excluding ortho intramolecular Hbond substituents is 1. The lowest BCUT2D eigenvalue weighted by Gasteiger charge is -2.30. The van der Waals surface area contributed by atoms with Crippen molar-refractivity contribution in [2.24, 2.45) is 15.6 Å². The number of hydrogen-bond donors (Lipinski definition) is 2. The minimum absolute atomic E-state index is 0.00147. The number of nitrogens with one attached hydrogen (secondary N) is 1. The molecule has 0 saturated heterocycles. The van der Waals surface area contributed by atoms with Crippen molar-refractivity contribution in [1.82, 2.24) is 10.2 Å². The molecule has 1 aliphatic carbocycles. The Kier molecular flexibility index (Phi) is 3.82. The van der Waals surface area contributed by atoms with E-state index in [1.54, 1.807) is 18.2 Å². The summed E-state index contributed by atoms with van der Waals surface area (Å²) in [7, 11) is 0. The van der Waals surface area contributed by atoms with Crippen molar-refractivity contribution in [2.45, 2.75) is 26.7 Å². The lowest BCUT2D eigenvalue weighted by Crippen LogP contribution is -2.30. The van der Waals surface area contributed by atoms with E-state index in [0.29, 0.717) is 12.0 Å². The molecule has 0 saturated carbocycles. The molecule has 0 spiro atoms. The highest BCUT2D eigenvalue weighted by molar-refractivity contribution is 6.03. The van der Waals surface area contributed by atoms with E-state index >= 15 is 0 Å². The van der Waals surface area contributed by atoms with E-state index < -0.39 is 0 Å². The summed E-state index contributed by atoms with van der Waals surface area (Å²) < 4.78 is 0. The Morgan fingerprint density at radius 2 is 2.09 bits per heavy atom. The van der Waals surface area contributed by atoms with Crippen LogP contribution in [0.1, 0.15) is 37.1 Å². The number of hydrogen-bond acceptors (Lipinski definition) is 5. The van der Waals surface area contributed by atoms with Gasteiger partial charge in [0, 0.05) is 17.2 Å². The van der Waals surface area contributed by atoms with Crippen molar-refractivity contribution in [2.75, 3.05) is 0 Å². The van der Waals surface area contributed by atoms with Gasteiger partial charge in [-0.25, -0.2) is 5.10 Å². The first-order valence-corrected chi connectivity index (χ1v) is 7.41. The van der Waals surface area contributed by atoms with E-state index in [1.807, 2.05) is 6.07 Å². The van der Waals surface area contributed by atoms with E-state index in [4.69, 9.17) is 0 Å². The van der Waals surface area contributed by atoms with Crippen LogP contribution in [0.5, 0.6) is 5.75 Å². The van der Waals surface area contributed by atoms with E-state index in [2.05, 4.69) is 34.2 Å². The maximum atomic E-state index is 11.5. The maximum absolute atomic E-state index is 11.5. The van der Waals surface area contributed by atoms with Gasteiger partial charge in [0.1, 0.15) is 5.75 Å². The van der Waals surface area contributed by atoms with Crippen LogP contribution in [-0.2, 0) is 6.42 Å². The summed E-state index contributed by atoms with van der Waals surface area (Å²) in [6, 6.07) is 8.43. The Morgan fingerprint density at radius 3 is 2.87 bits per heavy atom. The number of aromatic nitrogens is 2. The third kappa shape index (κ3) is 3.36. The highest BCUT2D eigenvalue weighted by atomic mass is 16.3. The summed E-state index contributed by atoms with van der Waals surface area (Å²) in [5, 5.41) is 24.7. The van der Waals surface area contributed by atoms with Gasteiger partial charge in [-0.3, -0.25) is 4.79 Å². The maximum Gasteiger partial charge on any atom is 0.264 e. The van der Waals surface area contributed by atoms with Gasteiger partial charge in [0.05, 0.1) is 17.6 Å². The molecule has 1 heterocycles. The molecule has 118 valence electrons. The molecule has 0 bridgehead atoms. The van der Waals surface area contributed by atoms with Gasteiger partial charge in [0.2, 0.25) is 0 Å². The van der Waals surface area contributed by atoms with Gasteiger partial charge in [-0.05, 0) is 30.4 Å². The molecule has 3 rings (SSSR count). The molecule has 0 unspecified atom stereocenters. The molecular weight excluding hydrogens is 292 g/mol. The molecule has 23 heavy (non-hydrogen) atoms. The topological polar surface area (TPSA) is 90.7 Å². The van der Waals surface area contributed by atoms with Crippen LogP contribution < -0.4 is 5.56 Å². The van der Waals surface area contributed by atoms with Crippen molar-refractivity contribution >= 4 is 11.9 Å². The Bertz CT molecular complexity index is 850. The SMILES string of the molecule is CC1(C)C/C(=N/N=C\c2ccccc2O)c2cc(=O)[nH]nc2C1. The molecule has 1 aliphatic rings. The predicted molar refractivity (Wildman–Crippen MR) is 89.2 cm³/mol. The monoisotopic (exact) mass is 310 g/mol. The highest BCUT2D eigenvalue weighted by Crippen LogP contribution is 2.33. The summed E-state index contributed by atoms with van der Waals surface area (Å²) in [6.45, 7) is 4.26. The van der Waals surface area contributed by atoms with Crippen LogP contribution >= 0.6 is 0 Å². The number of benzene rings is 1. The van der Waals surface area contributed by atoms with E-state index in [9.17, 15) is 9.90 Å². The minimum Gasteiger partial charge on any atom is -0.507 e. The summed E-state index contributed by atoms with van der Waals surface area (Å²) in [5.41, 5.74) is 2.67. The normalized spacial score (nSPS) is 18.3. The fourth-order valence-electron chi connectivity index (χ4n) is 2.73. The van der Waals surface area contributed by atoms with Gasteiger partial charge < -0.3 is 5.11 Å². The number of aromatic hydroxyl groups is 1. The number of aromatic amines is 1. The number of para-hydroxylation sites is 1. The molecule has 2 N–H and O–H groups in total. The second-order valence-corrected chi connectivity index (χ2v) is 6.46. The second-order valence-electron chi connectivity index (χ2n) is 6.46. The summed E-state index contributed by atoms with van der Waals surface area (Å²) >= 11 is 0. The Labute approximate surface area is 133 Å². The van der Waals surface area contributed by atoms with E-state index in [-0.39, 0.29) is 16.7 Å². The van der Waals surface area contributed by atoms with Crippen molar-refractivity contribution in [3.05, 3.63) is 57.5 Å². The van der Waals surface area contributed by atoms with Crippen LogP contribution in [0.25, 0.3) is 0 Å². The lowest BCUT2D eigenvalue weighted by molar-refractivity contribution is 0.365. The quantitative estimate of drug-likeness (QED) is 0.658. The predicted octanol–water partition coefficient (Wildman–Crippen LogP) is 2.27. The fraction of sp³-hybridized carbons (Fsp3) is 0.294. The van der Waals surface area contributed by atoms with Gasteiger partial charge in [-0.15, -0.1) is 0 Å². The zero-order chi connectivity index (χ0) is 16.4. The van der Waals surface area contributed by atoms with Crippen LogP contribution in [0.3, 0.4) is 0 Å². The van der Waals surface area contributed by atoms with Crippen LogP contribution in [0, 0.1) is 5.41 Å². The Hall–Kier alpha value is -2.76. The average Bonchev–Trinajstić information content (AvgIpc) is 2.49. The second kappa shape index (κ2) is 5.79. The van der Waals surface area contributed by atoms with Gasteiger partial charge in [-0.1, -0.05) is 26.0 Å². The molecule has 6 nitrogen and oxygen atoms in total. The van der Waals surface area contributed by atoms with Crippen LogP contribution in [-0.4, -0.2) is 27.2 Å². The largest absolute Gasteiger partial charge is 0.507 e. The van der Waals surface area contributed by atoms with Crippen molar-refractivity contribution < 1.29 is 5.11 Å². The molecule has 6 heteroatoms. The molecule has 0 radical (unpaired) electrons. The number of H-pyrrole nitrogens is 1. The summed E-state index contributed by atoms with van der Waals surface area (Å²) in [4.78, 5) is 11.5. The summed E-state index contributed by atoms with van der Waals surface area (Å²) in [6.07, 6.45) is 2.99. The first kappa shape index (κ1) is 15.1. The Morgan fingerprint density at radius 1 is 1.30 bits per heavy atom. The molecule has 0 fully saturated rings. The number of nitrogens with zero attached hydrogens (tertiary/aromatic N) is 3. The highest BCUT2D eigenvalue weighted by Gasteiger charge is 2.31. The standard InChI is InChI=1S/C17H18N4O2/c1-17(2)8-13(12-7-16(23)21-20-14(12)9-17)19-18-10-11-5-3-4-6-15(11)22/h3-7,10,22H,8-9H2,1-2H3,(H,21,23)/b18-10-,19-13-. The summed E-state index contributed by atoms with van der Waals surface area (Å²) in [5.74, 6) is 0.152. The van der Waals surface area contributed by atoms with Crippen molar-refractivity contribution in [3.63, 3.8) is 0 Å². The third-order valence-corrected chi connectivity index (χ3v) is 3.80. The van der Waals surface area contributed by atoms with E-state index in [1.165, 1.54) is 12.3 Å². The minimum atomic E-state index is -0.249. The number of phenols is 1. The van der Waals surface area contributed by atoms with Crippen LogP contribution in [0.2, 0.25) is 0 Å². The average molecular weight is 310 g/mol. The smallest absolute Gasteiger partial charge is 0.264 e. The van der Waals surface area contributed by atoms with Gasteiger partial charge >= 0.3 is 0 Å². The first-order valence-electron chi connectivity index (χ1n) is 7.41. The molecule has 0 aliphatic heterocycles. The van der Waals surface area contributed by atoms with Gasteiger partial charge in [0.15, 0.2) is 0 Å². The molecule has 2 aromatic rings. The molecule has 1 aromatic carbocycles. The van der Waals surface area contributed by atoms with Gasteiger partial charge in [0.25, 0.3) is 5.56 Å². The van der Waals surface area contributed by atoms with Crippen LogP contribution in [0.15, 0.2) is 45.3 Å². The van der Waals surface area contributed by atoms with Crippen molar-refractivity contribution in [3.8, 4) is 5.75 Å². The fourth-order valence-corrected chi connectivity index (χ4v) is 2.73. The van der Waals surface area contributed by atoms with Crippen molar-refractivity contribution in [1.29, 1.82) is 0 Å². The zero-order valence-electron chi connectivity index (χ0n) is 13.1. The van der Waals surface area contributed by atoms with Crippen LogP contribution in [0.4, 0.5) is 0 Å².